The van der Waals surface area contributed by atoms with Crippen molar-refractivity contribution in [1.82, 2.24) is 0 Å². The van der Waals surface area contributed by atoms with E-state index in [-0.39, 0.29) is 18.3 Å². The van der Waals surface area contributed by atoms with Gasteiger partial charge in [0, 0.05) is 0 Å². The highest BCUT2D eigenvalue weighted by Crippen LogP contribution is 2.39. The van der Waals surface area contributed by atoms with Crippen molar-refractivity contribution >= 4 is 5.97 Å². The van der Waals surface area contributed by atoms with Crippen LogP contribution in [0.3, 0.4) is 0 Å². The molecule has 0 heterocycles. The van der Waals surface area contributed by atoms with Crippen LogP contribution < -0.4 is 10.5 Å². The van der Waals surface area contributed by atoms with Gasteiger partial charge in [0.05, 0.1) is 7.11 Å². The van der Waals surface area contributed by atoms with Crippen LogP contribution in [0, 0.1) is 18.7 Å². The first-order valence-electron chi connectivity index (χ1n) is 6.23. The Labute approximate surface area is 111 Å². The number of hydrogen-bond donors (Lipinski definition) is 1. The second-order valence-corrected chi connectivity index (χ2v) is 5.03. The average Bonchev–Trinajstić information content (AvgIpc) is 3.23. The lowest BCUT2D eigenvalue weighted by atomic mass is 9.96. The van der Waals surface area contributed by atoms with Gasteiger partial charge in [0.15, 0.2) is 17.1 Å². The van der Waals surface area contributed by atoms with Crippen molar-refractivity contribution in [2.75, 3.05) is 13.7 Å². The first-order chi connectivity index (χ1) is 8.97. The summed E-state index contributed by atoms with van der Waals surface area (Å²) in [6, 6.07) is 4.57. The van der Waals surface area contributed by atoms with Crippen LogP contribution in [0.1, 0.15) is 18.4 Å². The molecule has 0 amide bonds. The lowest BCUT2D eigenvalue weighted by molar-refractivity contribution is -0.149. The van der Waals surface area contributed by atoms with E-state index < -0.39 is 17.3 Å². The molecule has 1 saturated carbocycles. The molecule has 0 radical (unpaired) electrons. The van der Waals surface area contributed by atoms with Crippen molar-refractivity contribution in [2.45, 2.75) is 25.3 Å². The van der Waals surface area contributed by atoms with Crippen molar-refractivity contribution in [2.24, 2.45) is 11.7 Å². The van der Waals surface area contributed by atoms with E-state index in [9.17, 15) is 9.18 Å². The molecule has 2 rings (SSSR count). The molecule has 1 atom stereocenters. The zero-order valence-corrected chi connectivity index (χ0v) is 11.1. The Balaban J connectivity index is 2.11. The number of nitrogens with two attached hydrogens (primary N) is 1. The van der Waals surface area contributed by atoms with Crippen LogP contribution in [0.4, 0.5) is 4.39 Å². The van der Waals surface area contributed by atoms with Crippen molar-refractivity contribution in [3.63, 3.8) is 0 Å². The number of rotatable bonds is 5. The first-order valence-corrected chi connectivity index (χ1v) is 6.23. The number of methoxy groups -OCH3 is 1. The van der Waals surface area contributed by atoms with Crippen LogP contribution in [0.25, 0.3) is 0 Å². The topological polar surface area (TPSA) is 61.5 Å². The van der Waals surface area contributed by atoms with Gasteiger partial charge in [0.25, 0.3) is 0 Å². The number of benzene rings is 1. The van der Waals surface area contributed by atoms with Crippen LogP contribution in [0.5, 0.6) is 5.75 Å². The Kier molecular flexibility index (Phi) is 3.75. The monoisotopic (exact) mass is 267 g/mol. The van der Waals surface area contributed by atoms with Crippen molar-refractivity contribution < 1.29 is 18.7 Å². The standard InChI is InChI=1S/C14H18FNO3/c1-9-3-6-11(15)12(7-9)19-8-14(16,10-4-5-10)13(17)18-2/h3,6-7,10H,4-5,8,16H2,1-2H3. The fourth-order valence-electron chi connectivity index (χ4n) is 2.05. The maximum absolute atomic E-state index is 13.6. The molecule has 104 valence electrons. The summed E-state index contributed by atoms with van der Waals surface area (Å²) in [5, 5.41) is 0. The third kappa shape index (κ3) is 2.87. The van der Waals surface area contributed by atoms with Gasteiger partial charge >= 0.3 is 5.97 Å². The van der Waals surface area contributed by atoms with E-state index in [4.69, 9.17) is 15.2 Å². The molecule has 0 spiro atoms. The highest BCUT2D eigenvalue weighted by molar-refractivity contribution is 5.81. The van der Waals surface area contributed by atoms with Crippen LogP contribution in [-0.2, 0) is 9.53 Å². The van der Waals surface area contributed by atoms with E-state index in [1.54, 1.807) is 12.1 Å². The molecule has 1 aliphatic carbocycles. The molecule has 0 aliphatic heterocycles. The molecule has 4 nitrogen and oxygen atoms in total. The Hall–Kier alpha value is -1.62. The largest absolute Gasteiger partial charge is 0.488 e. The fraction of sp³-hybridized carbons (Fsp3) is 0.500. The smallest absolute Gasteiger partial charge is 0.329 e. The molecule has 1 aromatic carbocycles. The Morgan fingerprint density at radius 1 is 1.53 bits per heavy atom. The summed E-state index contributed by atoms with van der Waals surface area (Å²) in [6.45, 7) is 1.76. The minimum Gasteiger partial charge on any atom is -0.488 e. The summed E-state index contributed by atoms with van der Waals surface area (Å²) in [5.41, 5.74) is 5.76. The van der Waals surface area contributed by atoms with E-state index in [1.807, 2.05) is 6.92 Å². The number of carbonyl (C=O) groups is 1. The summed E-state index contributed by atoms with van der Waals surface area (Å²) in [6.07, 6.45) is 1.73. The lowest BCUT2D eigenvalue weighted by Gasteiger charge is -2.26. The third-order valence-corrected chi connectivity index (χ3v) is 3.42. The van der Waals surface area contributed by atoms with Crippen molar-refractivity contribution in [1.29, 1.82) is 0 Å². The molecule has 2 N–H and O–H groups in total. The second kappa shape index (κ2) is 5.17. The molecule has 1 aliphatic rings. The highest BCUT2D eigenvalue weighted by atomic mass is 19.1. The summed E-state index contributed by atoms with van der Waals surface area (Å²) in [7, 11) is 1.29. The summed E-state index contributed by atoms with van der Waals surface area (Å²) in [5.74, 6) is -0.816. The number of halogens is 1. The predicted octanol–water partition coefficient (Wildman–Crippen LogP) is 1.79. The molecule has 19 heavy (non-hydrogen) atoms. The number of carbonyl (C=O) groups excluding carboxylic acids is 1. The minimum absolute atomic E-state index is 0.0489. The highest BCUT2D eigenvalue weighted by Gasteiger charge is 2.50. The van der Waals surface area contributed by atoms with Gasteiger partial charge in [0.2, 0.25) is 0 Å². The molecular weight excluding hydrogens is 249 g/mol. The van der Waals surface area contributed by atoms with Gasteiger partial charge in [-0.3, -0.25) is 0 Å². The van der Waals surface area contributed by atoms with Gasteiger partial charge in [-0.15, -0.1) is 0 Å². The number of aryl methyl sites for hydroxylation is 1. The molecule has 1 fully saturated rings. The lowest BCUT2D eigenvalue weighted by Crippen LogP contribution is -2.55. The maximum atomic E-state index is 13.6. The van der Waals surface area contributed by atoms with Crippen molar-refractivity contribution in [3.8, 4) is 5.75 Å². The minimum atomic E-state index is -1.19. The molecule has 0 saturated heterocycles. The average molecular weight is 267 g/mol. The van der Waals surface area contributed by atoms with E-state index >= 15 is 0 Å². The van der Waals surface area contributed by atoms with Gasteiger partial charge in [-0.25, -0.2) is 9.18 Å². The van der Waals surface area contributed by atoms with Gasteiger partial charge < -0.3 is 15.2 Å². The SMILES string of the molecule is COC(=O)C(N)(COc1cc(C)ccc1F)C1CC1. The third-order valence-electron chi connectivity index (χ3n) is 3.42. The van der Waals surface area contributed by atoms with E-state index in [1.165, 1.54) is 13.2 Å². The number of ether oxygens (including phenoxy) is 2. The molecule has 1 aromatic rings. The molecule has 1 unspecified atom stereocenters. The summed E-state index contributed by atoms with van der Waals surface area (Å²) >= 11 is 0. The molecule has 0 aromatic heterocycles. The Morgan fingerprint density at radius 3 is 2.79 bits per heavy atom. The first kappa shape index (κ1) is 13.8. The number of esters is 1. The predicted molar refractivity (Wildman–Crippen MR) is 68.3 cm³/mol. The normalized spacial score (nSPS) is 17.7. The zero-order valence-electron chi connectivity index (χ0n) is 11.1. The quantitative estimate of drug-likeness (QED) is 0.826. The second-order valence-electron chi connectivity index (χ2n) is 5.03. The van der Waals surface area contributed by atoms with Crippen LogP contribution in [0.15, 0.2) is 18.2 Å². The molecule has 5 heteroatoms. The Bertz CT molecular complexity index is 488. The zero-order chi connectivity index (χ0) is 14.0. The fourth-order valence-corrected chi connectivity index (χ4v) is 2.05. The van der Waals surface area contributed by atoms with E-state index in [0.717, 1.165) is 18.4 Å². The van der Waals surface area contributed by atoms with Crippen LogP contribution >= 0.6 is 0 Å². The van der Waals surface area contributed by atoms with Crippen molar-refractivity contribution in [3.05, 3.63) is 29.6 Å². The van der Waals surface area contributed by atoms with Crippen LogP contribution in [0.2, 0.25) is 0 Å². The summed E-state index contributed by atoms with van der Waals surface area (Å²) in [4.78, 5) is 11.8. The van der Waals surface area contributed by atoms with E-state index in [2.05, 4.69) is 0 Å². The maximum Gasteiger partial charge on any atom is 0.329 e. The van der Waals surface area contributed by atoms with E-state index in [0.29, 0.717) is 0 Å². The van der Waals surface area contributed by atoms with Gasteiger partial charge in [-0.1, -0.05) is 6.07 Å². The number of hydrogen-bond acceptors (Lipinski definition) is 4. The van der Waals surface area contributed by atoms with Gasteiger partial charge in [-0.2, -0.15) is 0 Å². The molecule has 0 bridgehead atoms. The Morgan fingerprint density at radius 2 is 2.21 bits per heavy atom. The van der Waals surface area contributed by atoms with Gasteiger partial charge in [-0.05, 0) is 43.4 Å². The summed E-state index contributed by atoms with van der Waals surface area (Å²) < 4.78 is 23.7. The molecular formula is C14H18FNO3. The van der Waals surface area contributed by atoms with Gasteiger partial charge in [0.1, 0.15) is 6.61 Å². The van der Waals surface area contributed by atoms with Crippen LogP contribution in [-0.4, -0.2) is 25.2 Å².